The van der Waals surface area contributed by atoms with Gasteiger partial charge in [0.15, 0.2) is 10.9 Å². The summed E-state index contributed by atoms with van der Waals surface area (Å²) < 4.78 is 5.25. The molecule has 1 aliphatic heterocycles. The van der Waals surface area contributed by atoms with Crippen molar-refractivity contribution in [3.63, 3.8) is 0 Å². The first-order valence-electron chi connectivity index (χ1n) is 10.9. The molecular weight excluding hydrogens is 370 g/mol. The molecule has 6 heteroatoms. The van der Waals surface area contributed by atoms with Gasteiger partial charge in [0.05, 0.1) is 6.26 Å². The summed E-state index contributed by atoms with van der Waals surface area (Å²) in [5, 5.41) is 4.58. The fraction of sp³-hybridized carbons (Fsp3) is 0.727. The lowest BCUT2D eigenvalue weighted by Gasteiger charge is -2.59. The predicted octanol–water partition coefficient (Wildman–Crippen LogP) is 3.52. The third-order valence-electron chi connectivity index (χ3n) is 7.93. The number of nitrogens with one attached hydrogen (secondary N) is 1. The average Bonchev–Trinajstić information content (AvgIpc) is 3.21. The van der Waals surface area contributed by atoms with Gasteiger partial charge < -0.3 is 19.5 Å². The maximum Gasteiger partial charge on any atom is 0.289 e. The highest BCUT2D eigenvalue weighted by molar-refractivity contribution is 7.80. The van der Waals surface area contributed by atoms with Crippen LogP contribution in [0.3, 0.4) is 0 Å². The molecule has 1 atom stereocenters. The molecule has 1 amide bonds. The van der Waals surface area contributed by atoms with Gasteiger partial charge in [-0.25, -0.2) is 0 Å². The number of rotatable bonds is 3. The summed E-state index contributed by atoms with van der Waals surface area (Å²) in [6, 6.07) is 3.93. The van der Waals surface area contributed by atoms with Crippen LogP contribution < -0.4 is 5.32 Å². The Morgan fingerprint density at radius 2 is 1.68 bits per heavy atom. The number of carbonyl (C=O) groups excluding carboxylic acids is 1. The minimum absolute atomic E-state index is 0.0227. The van der Waals surface area contributed by atoms with E-state index in [-0.39, 0.29) is 5.91 Å². The van der Waals surface area contributed by atoms with Crippen molar-refractivity contribution in [1.82, 2.24) is 15.1 Å². The van der Waals surface area contributed by atoms with Crippen LogP contribution in [0.25, 0.3) is 0 Å². The van der Waals surface area contributed by atoms with Crippen LogP contribution in [0.2, 0.25) is 0 Å². The van der Waals surface area contributed by atoms with Crippen LogP contribution >= 0.6 is 12.2 Å². The molecule has 1 saturated heterocycles. The number of nitrogens with zero attached hydrogens (tertiary/aromatic N) is 2. The molecule has 4 aliphatic carbocycles. The molecule has 0 aromatic carbocycles. The number of hydrogen-bond acceptors (Lipinski definition) is 3. The Hall–Kier alpha value is -1.56. The number of furan rings is 1. The zero-order valence-electron chi connectivity index (χ0n) is 16.7. The molecule has 1 N–H and O–H groups in total. The second-order valence-corrected chi connectivity index (χ2v) is 10.1. The third-order valence-corrected chi connectivity index (χ3v) is 8.31. The van der Waals surface area contributed by atoms with Gasteiger partial charge in [-0.1, -0.05) is 0 Å². The largest absolute Gasteiger partial charge is 0.459 e. The van der Waals surface area contributed by atoms with Crippen molar-refractivity contribution in [2.75, 3.05) is 26.2 Å². The van der Waals surface area contributed by atoms with Gasteiger partial charge in [0.1, 0.15) is 0 Å². The molecule has 5 fully saturated rings. The van der Waals surface area contributed by atoms with Crippen molar-refractivity contribution >= 4 is 23.2 Å². The Kier molecular flexibility index (Phi) is 4.65. The Morgan fingerprint density at radius 1 is 1.11 bits per heavy atom. The summed E-state index contributed by atoms with van der Waals surface area (Å²) in [6.07, 6.45) is 10.1. The monoisotopic (exact) mass is 401 g/mol. The van der Waals surface area contributed by atoms with Crippen molar-refractivity contribution in [2.24, 2.45) is 23.2 Å². The quantitative estimate of drug-likeness (QED) is 0.786. The number of piperazine rings is 1. The summed E-state index contributed by atoms with van der Waals surface area (Å²) in [5.74, 6) is 3.27. The van der Waals surface area contributed by atoms with E-state index >= 15 is 0 Å². The van der Waals surface area contributed by atoms with E-state index in [1.54, 1.807) is 18.4 Å². The van der Waals surface area contributed by atoms with Crippen molar-refractivity contribution in [1.29, 1.82) is 0 Å². The lowest BCUT2D eigenvalue weighted by atomic mass is 9.48. The van der Waals surface area contributed by atoms with Crippen molar-refractivity contribution in [3.8, 4) is 0 Å². The van der Waals surface area contributed by atoms with E-state index in [4.69, 9.17) is 16.6 Å². The molecule has 0 radical (unpaired) electrons. The Balaban J connectivity index is 1.16. The Bertz CT molecular complexity index is 704. The molecule has 4 saturated carbocycles. The average molecular weight is 402 g/mol. The molecule has 0 spiro atoms. The van der Waals surface area contributed by atoms with Gasteiger partial charge in [-0.15, -0.1) is 0 Å². The van der Waals surface area contributed by atoms with E-state index in [0.29, 0.717) is 30.3 Å². The van der Waals surface area contributed by atoms with E-state index in [2.05, 4.69) is 17.1 Å². The highest BCUT2D eigenvalue weighted by atomic mass is 32.1. The molecule has 1 unspecified atom stereocenters. The van der Waals surface area contributed by atoms with E-state index < -0.39 is 0 Å². The smallest absolute Gasteiger partial charge is 0.289 e. The number of thiocarbonyl (C=S) groups is 1. The molecule has 5 aliphatic rings. The van der Waals surface area contributed by atoms with Crippen LogP contribution in [-0.4, -0.2) is 53.0 Å². The van der Waals surface area contributed by atoms with Crippen LogP contribution in [0.5, 0.6) is 0 Å². The zero-order chi connectivity index (χ0) is 19.3. The predicted molar refractivity (Wildman–Crippen MR) is 112 cm³/mol. The second kappa shape index (κ2) is 7.05. The van der Waals surface area contributed by atoms with Crippen LogP contribution in [0, 0.1) is 23.2 Å². The maximum absolute atomic E-state index is 12.4. The summed E-state index contributed by atoms with van der Waals surface area (Å²) in [5.41, 5.74) is 0.454. The molecular formula is C22H31N3O2S. The van der Waals surface area contributed by atoms with Gasteiger partial charge in [-0.05, 0) is 93.0 Å². The first-order valence-corrected chi connectivity index (χ1v) is 11.3. The molecule has 6 rings (SSSR count). The highest BCUT2D eigenvalue weighted by Gasteiger charge is 2.53. The zero-order valence-corrected chi connectivity index (χ0v) is 17.5. The standard InChI is InChI=1S/C22H31N3O2S/c1-15(22-12-16-9-17(13-22)11-18(10-16)14-22)23-21(28)25-6-4-24(5-7-25)20(26)19-3-2-8-27-19/h2-3,8,15-18H,4-7,9-14H2,1H3,(H,23,28). The SMILES string of the molecule is CC(NC(=S)N1CCN(C(=O)c2ccco2)CC1)C12CC3CC(CC(C3)C1)C2. The third kappa shape index (κ3) is 3.23. The van der Waals surface area contributed by atoms with E-state index in [1.165, 1.54) is 38.5 Å². The van der Waals surface area contributed by atoms with Crippen LogP contribution in [0.1, 0.15) is 56.0 Å². The Labute approximate surface area is 172 Å². The van der Waals surface area contributed by atoms with Gasteiger partial charge in [0.2, 0.25) is 0 Å². The summed E-state index contributed by atoms with van der Waals surface area (Å²) in [6.45, 7) is 5.30. The summed E-state index contributed by atoms with van der Waals surface area (Å²) in [7, 11) is 0. The first kappa shape index (κ1) is 18.5. The number of amides is 1. The molecule has 152 valence electrons. The summed E-state index contributed by atoms with van der Waals surface area (Å²) in [4.78, 5) is 16.5. The number of hydrogen-bond donors (Lipinski definition) is 1. The normalized spacial score (nSPS) is 35.1. The van der Waals surface area contributed by atoms with Crippen molar-refractivity contribution in [2.45, 2.75) is 51.5 Å². The second-order valence-electron chi connectivity index (χ2n) is 9.71. The van der Waals surface area contributed by atoms with Crippen LogP contribution in [0.4, 0.5) is 0 Å². The van der Waals surface area contributed by atoms with Gasteiger partial charge in [0.25, 0.3) is 5.91 Å². The molecule has 1 aromatic heterocycles. The van der Waals surface area contributed by atoms with Gasteiger partial charge in [-0.2, -0.15) is 0 Å². The molecule has 2 heterocycles. The van der Waals surface area contributed by atoms with Crippen molar-refractivity contribution in [3.05, 3.63) is 24.2 Å². The molecule has 4 bridgehead atoms. The molecule has 1 aromatic rings. The molecule has 5 nitrogen and oxygen atoms in total. The van der Waals surface area contributed by atoms with Gasteiger partial charge in [0, 0.05) is 32.2 Å². The van der Waals surface area contributed by atoms with E-state index in [1.807, 2.05) is 4.90 Å². The topological polar surface area (TPSA) is 48.7 Å². The lowest BCUT2D eigenvalue weighted by Crippen LogP contribution is -2.59. The van der Waals surface area contributed by atoms with E-state index in [9.17, 15) is 4.79 Å². The van der Waals surface area contributed by atoms with Crippen LogP contribution in [-0.2, 0) is 0 Å². The lowest BCUT2D eigenvalue weighted by molar-refractivity contribution is -0.0676. The minimum Gasteiger partial charge on any atom is -0.459 e. The van der Waals surface area contributed by atoms with E-state index in [0.717, 1.165) is 36.0 Å². The maximum atomic E-state index is 12.4. The van der Waals surface area contributed by atoms with Crippen molar-refractivity contribution < 1.29 is 9.21 Å². The van der Waals surface area contributed by atoms with Crippen LogP contribution in [0.15, 0.2) is 22.8 Å². The Morgan fingerprint density at radius 3 is 2.21 bits per heavy atom. The molecule has 28 heavy (non-hydrogen) atoms. The van der Waals surface area contributed by atoms with Gasteiger partial charge in [-0.3, -0.25) is 4.79 Å². The first-order chi connectivity index (χ1) is 13.5. The fourth-order valence-electron chi connectivity index (χ4n) is 6.81. The van der Waals surface area contributed by atoms with Gasteiger partial charge >= 0.3 is 0 Å². The number of carbonyl (C=O) groups is 1. The summed E-state index contributed by atoms with van der Waals surface area (Å²) >= 11 is 5.78. The highest BCUT2D eigenvalue weighted by Crippen LogP contribution is 2.61. The minimum atomic E-state index is -0.0227. The fourth-order valence-corrected chi connectivity index (χ4v) is 7.17.